The lowest BCUT2D eigenvalue weighted by Crippen LogP contribution is -2.12. The molecule has 3 nitrogen and oxygen atoms in total. The summed E-state index contributed by atoms with van der Waals surface area (Å²) in [6.07, 6.45) is 8.34. The van der Waals surface area contributed by atoms with E-state index in [9.17, 15) is 0 Å². The van der Waals surface area contributed by atoms with Crippen LogP contribution in [0.4, 0.5) is 0 Å². The molecule has 0 bridgehead atoms. The van der Waals surface area contributed by atoms with Gasteiger partial charge in [-0.1, -0.05) is 32.3 Å². The van der Waals surface area contributed by atoms with E-state index < -0.39 is 0 Å². The molecule has 1 aromatic rings. The summed E-state index contributed by atoms with van der Waals surface area (Å²) in [5.74, 6) is 1.79. The zero-order valence-corrected chi connectivity index (χ0v) is 13.6. The number of ether oxygens (including phenoxy) is 2. The zero-order valence-electron chi connectivity index (χ0n) is 13.6. The van der Waals surface area contributed by atoms with E-state index in [1.54, 1.807) is 0 Å². The molecule has 2 N–H and O–H groups in total. The summed E-state index contributed by atoms with van der Waals surface area (Å²) in [7, 11) is 0. The Morgan fingerprint density at radius 2 is 1.86 bits per heavy atom. The highest BCUT2D eigenvalue weighted by molar-refractivity contribution is 5.33. The van der Waals surface area contributed by atoms with Gasteiger partial charge in [0.2, 0.25) is 0 Å². The van der Waals surface area contributed by atoms with Crippen LogP contribution in [0.1, 0.15) is 58.8 Å². The Hall–Kier alpha value is -1.22. The summed E-state index contributed by atoms with van der Waals surface area (Å²) in [6.45, 7) is 5.87. The molecule has 3 heteroatoms. The van der Waals surface area contributed by atoms with Crippen LogP contribution in [0.15, 0.2) is 24.3 Å². The average molecular weight is 293 g/mol. The smallest absolute Gasteiger partial charge is 0.123 e. The Labute approximate surface area is 129 Å². The largest absolute Gasteiger partial charge is 0.493 e. The quantitative estimate of drug-likeness (QED) is 0.575. The molecule has 120 valence electrons. The van der Waals surface area contributed by atoms with E-state index in [0.29, 0.717) is 0 Å². The fourth-order valence-corrected chi connectivity index (χ4v) is 2.22. The van der Waals surface area contributed by atoms with Gasteiger partial charge in [0, 0.05) is 6.07 Å². The van der Waals surface area contributed by atoms with Crippen LogP contribution in [0.3, 0.4) is 0 Å². The summed E-state index contributed by atoms with van der Waals surface area (Å²) in [5.41, 5.74) is 5.51. The van der Waals surface area contributed by atoms with Crippen molar-refractivity contribution in [1.82, 2.24) is 0 Å². The third kappa shape index (κ3) is 8.61. The number of hydrogen-bond acceptors (Lipinski definition) is 3. The third-order valence-electron chi connectivity index (χ3n) is 3.47. The average Bonchev–Trinajstić information content (AvgIpc) is 2.48. The minimum Gasteiger partial charge on any atom is -0.493 e. The van der Waals surface area contributed by atoms with E-state index in [4.69, 9.17) is 15.2 Å². The molecule has 0 radical (unpaired) electrons. The van der Waals surface area contributed by atoms with Gasteiger partial charge in [-0.05, 0) is 51.3 Å². The fourth-order valence-electron chi connectivity index (χ4n) is 2.22. The summed E-state index contributed by atoms with van der Waals surface area (Å²) >= 11 is 0. The molecule has 0 spiro atoms. The van der Waals surface area contributed by atoms with Gasteiger partial charge in [0.25, 0.3) is 0 Å². The maximum absolute atomic E-state index is 5.93. The van der Waals surface area contributed by atoms with Crippen molar-refractivity contribution in [2.24, 2.45) is 5.73 Å². The van der Waals surface area contributed by atoms with Gasteiger partial charge >= 0.3 is 0 Å². The molecule has 0 saturated heterocycles. The molecule has 1 aromatic carbocycles. The normalized spacial score (nSPS) is 12.1. The lowest BCUT2D eigenvalue weighted by Gasteiger charge is -2.15. The first-order valence-electron chi connectivity index (χ1n) is 8.35. The van der Waals surface area contributed by atoms with Crippen LogP contribution in [0.2, 0.25) is 0 Å². The van der Waals surface area contributed by atoms with Crippen molar-refractivity contribution in [2.45, 2.75) is 64.9 Å². The summed E-state index contributed by atoms with van der Waals surface area (Å²) in [6, 6.07) is 7.96. The van der Waals surface area contributed by atoms with Crippen LogP contribution in [-0.2, 0) is 0 Å². The van der Waals surface area contributed by atoms with E-state index in [1.165, 1.54) is 19.3 Å². The molecular formula is C18H31NO2. The van der Waals surface area contributed by atoms with E-state index in [-0.39, 0.29) is 6.10 Å². The Bertz CT molecular complexity index is 368. The molecule has 0 aliphatic heterocycles. The van der Waals surface area contributed by atoms with Crippen molar-refractivity contribution in [3.8, 4) is 11.5 Å². The Morgan fingerprint density at radius 3 is 2.62 bits per heavy atom. The topological polar surface area (TPSA) is 44.5 Å². The van der Waals surface area contributed by atoms with Gasteiger partial charge < -0.3 is 15.2 Å². The van der Waals surface area contributed by atoms with Crippen molar-refractivity contribution >= 4 is 0 Å². The second-order valence-electron chi connectivity index (χ2n) is 5.60. The van der Waals surface area contributed by atoms with Gasteiger partial charge in [-0.15, -0.1) is 0 Å². The first-order chi connectivity index (χ1) is 10.3. The maximum atomic E-state index is 5.93. The Morgan fingerprint density at radius 1 is 1.05 bits per heavy atom. The predicted molar refractivity (Wildman–Crippen MR) is 89.1 cm³/mol. The molecule has 0 aromatic heterocycles. The molecule has 0 aliphatic carbocycles. The van der Waals surface area contributed by atoms with Crippen molar-refractivity contribution in [2.75, 3.05) is 13.2 Å². The number of unbranched alkanes of at least 4 members (excludes halogenated alkanes) is 4. The van der Waals surface area contributed by atoms with Crippen molar-refractivity contribution in [1.29, 1.82) is 0 Å². The summed E-state index contributed by atoms with van der Waals surface area (Å²) in [5, 5.41) is 0. The Kier molecular flexibility index (Phi) is 9.71. The van der Waals surface area contributed by atoms with Crippen LogP contribution in [0.5, 0.6) is 11.5 Å². The van der Waals surface area contributed by atoms with Gasteiger partial charge in [-0.25, -0.2) is 0 Å². The lowest BCUT2D eigenvalue weighted by molar-refractivity contribution is 0.205. The maximum Gasteiger partial charge on any atom is 0.123 e. The molecular weight excluding hydrogens is 262 g/mol. The van der Waals surface area contributed by atoms with Crippen LogP contribution in [-0.4, -0.2) is 19.3 Å². The third-order valence-corrected chi connectivity index (χ3v) is 3.47. The second-order valence-corrected chi connectivity index (χ2v) is 5.60. The van der Waals surface area contributed by atoms with E-state index in [0.717, 1.165) is 50.3 Å². The van der Waals surface area contributed by atoms with Crippen LogP contribution >= 0.6 is 0 Å². The minimum absolute atomic E-state index is 0.219. The fraction of sp³-hybridized carbons (Fsp3) is 0.667. The second kappa shape index (κ2) is 11.4. The molecule has 0 saturated carbocycles. The van der Waals surface area contributed by atoms with Crippen molar-refractivity contribution in [3.05, 3.63) is 24.3 Å². The standard InChI is InChI=1S/C18H31NO2/c1-3-4-5-8-14-20-17-11-9-12-18(15-17)21-16(2)10-6-7-13-19/h9,11-12,15-16H,3-8,10,13-14,19H2,1-2H3. The molecule has 0 fully saturated rings. The molecule has 21 heavy (non-hydrogen) atoms. The SMILES string of the molecule is CCCCCCOc1cccc(OC(C)CCCCN)c1. The van der Waals surface area contributed by atoms with Gasteiger partial charge in [-0.3, -0.25) is 0 Å². The monoisotopic (exact) mass is 293 g/mol. The van der Waals surface area contributed by atoms with Gasteiger partial charge in [-0.2, -0.15) is 0 Å². The predicted octanol–water partition coefficient (Wildman–Crippen LogP) is 4.54. The minimum atomic E-state index is 0.219. The molecule has 1 unspecified atom stereocenters. The Balaban J connectivity index is 2.30. The first-order valence-corrected chi connectivity index (χ1v) is 8.35. The lowest BCUT2D eigenvalue weighted by atomic mass is 10.2. The summed E-state index contributed by atoms with van der Waals surface area (Å²) < 4.78 is 11.7. The van der Waals surface area contributed by atoms with Crippen LogP contribution < -0.4 is 15.2 Å². The molecule has 0 amide bonds. The molecule has 0 aliphatic rings. The van der Waals surface area contributed by atoms with Gasteiger partial charge in [0.05, 0.1) is 12.7 Å². The van der Waals surface area contributed by atoms with Gasteiger partial charge in [0.1, 0.15) is 11.5 Å². The molecule has 0 heterocycles. The van der Waals surface area contributed by atoms with E-state index in [2.05, 4.69) is 13.8 Å². The number of benzene rings is 1. The van der Waals surface area contributed by atoms with E-state index in [1.807, 2.05) is 24.3 Å². The van der Waals surface area contributed by atoms with Gasteiger partial charge in [0.15, 0.2) is 0 Å². The van der Waals surface area contributed by atoms with Crippen LogP contribution in [0, 0.1) is 0 Å². The van der Waals surface area contributed by atoms with Crippen molar-refractivity contribution < 1.29 is 9.47 Å². The highest BCUT2D eigenvalue weighted by Gasteiger charge is 2.05. The van der Waals surface area contributed by atoms with Crippen molar-refractivity contribution in [3.63, 3.8) is 0 Å². The van der Waals surface area contributed by atoms with E-state index >= 15 is 0 Å². The number of rotatable bonds is 12. The first kappa shape index (κ1) is 17.8. The molecule has 1 rings (SSSR count). The number of nitrogens with two attached hydrogens (primary N) is 1. The highest BCUT2D eigenvalue weighted by Crippen LogP contribution is 2.21. The highest BCUT2D eigenvalue weighted by atomic mass is 16.5. The molecule has 1 atom stereocenters. The van der Waals surface area contributed by atoms with Crippen LogP contribution in [0.25, 0.3) is 0 Å². The zero-order chi connectivity index (χ0) is 15.3. The number of hydrogen-bond donors (Lipinski definition) is 1. The summed E-state index contributed by atoms with van der Waals surface area (Å²) in [4.78, 5) is 0.